The summed E-state index contributed by atoms with van der Waals surface area (Å²) in [7, 11) is 0. The van der Waals surface area contributed by atoms with Gasteiger partial charge in [-0.3, -0.25) is 0 Å². The molecule has 0 fully saturated rings. The van der Waals surface area contributed by atoms with Gasteiger partial charge in [-0.15, -0.1) is 0 Å². The first-order valence-corrected chi connectivity index (χ1v) is 4.92. The summed E-state index contributed by atoms with van der Waals surface area (Å²) < 4.78 is 0. The Labute approximate surface area is 83.5 Å². The van der Waals surface area contributed by atoms with Gasteiger partial charge in [-0.1, -0.05) is 15.9 Å². The molecule has 0 aliphatic carbocycles. The van der Waals surface area contributed by atoms with Gasteiger partial charge in [0.1, 0.15) is 0 Å². The van der Waals surface area contributed by atoms with E-state index in [0.717, 1.165) is 27.6 Å². The molecule has 5 N–H and O–H groups in total. The Balaban J connectivity index is 2.72. The van der Waals surface area contributed by atoms with Crippen molar-refractivity contribution in [3.05, 3.63) is 17.7 Å². The molecule has 68 valence electrons. The maximum Gasteiger partial charge on any atom is 0.198 e. The molecule has 2 aromatic rings. The first-order chi connectivity index (χ1) is 6.20. The summed E-state index contributed by atoms with van der Waals surface area (Å²) in [5, 5.41) is 0.730. The van der Waals surface area contributed by atoms with Gasteiger partial charge in [-0.25, -0.2) is 4.98 Å². The number of rotatable bonds is 1. The highest BCUT2D eigenvalue weighted by atomic mass is 79.9. The maximum absolute atomic E-state index is 5.78. The van der Waals surface area contributed by atoms with E-state index < -0.39 is 0 Å². The minimum Gasteiger partial charge on any atom is -0.398 e. The molecule has 5 heteroatoms. The predicted molar refractivity (Wildman–Crippen MR) is 57.5 cm³/mol. The van der Waals surface area contributed by atoms with Crippen molar-refractivity contribution in [1.29, 1.82) is 0 Å². The number of nitrogens with zero attached hydrogens (tertiary/aromatic N) is 1. The second kappa shape index (κ2) is 2.92. The van der Waals surface area contributed by atoms with Crippen molar-refractivity contribution in [3.8, 4) is 0 Å². The molecule has 0 saturated heterocycles. The Bertz CT molecular complexity index is 449. The molecule has 1 heterocycles. The molecule has 0 saturated carbocycles. The third kappa shape index (κ3) is 1.35. The normalized spacial score (nSPS) is 10.8. The number of nitrogens with two attached hydrogens (primary N) is 2. The zero-order valence-corrected chi connectivity index (χ0v) is 8.43. The van der Waals surface area contributed by atoms with E-state index in [-0.39, 0.29) is 0 Å². The molecule has 0 aliphatic heterocycles. The number of aromatic amines is 1. The molecule has 2 rings (SSSR count). The van der Waals surface area contributed by atoms with Crippen LogP contribution in [0.25, 0.3) is 11.0 Å². The highest BCUT2D eigenvalue weighted by Crippen LogP contribution is 2.22. The fourth-order valence-electron chi connectivity index (χ4n) is 1.25. The number of benzene rings is 1. The van der Waals surface area contributed by atoms with Crippen LogP contribution in [-0.4, -0.2) is 9.97 Å². The molecule has 0 aliphatic rings. The number of anilines is 2. The van der Waals surface area contributed by atoms with Crippen molar-refractivity contribution >= 4 is 38.6 Å². The molecule has 1 aromatic carbocycles. The molecular weight excluding hydrogens is 232 g/mol. The smallest absolute Gasteiger partial charge is 0.198 e. The Morgan fingerprint density at radius 3 is 2.85 bits per heavy atom. The van der Waals surface area contributed by atoms with Gasteiger partial charge in [0.15, 0.2) is 5.95 Å². The van der Waals surface area contributed by atoms with Crippen LogP contribution in [0.3, 0.4) is 0 Å². The minimum absolute atomic E-state index is 0.418. The lowest BCUT2D eigenvalue weighted by Crippen LogP contribution is -1.91. The van der Waals surface area contributed by atoms with Crippen molar-refractivity contribution in [2.75, 3.05) is 11.5 Å². The highest BCUT2D eigenvalue weighted by Gasteiger charge is 2.04. The van der Waals surface area contributed by atoms with Gasteiger partial charge in [0.05, 0.1) is 11.0 Å². The monoisotopic (exact) mass is 240 g/mol. The van der Waals surface area contributed by atoms with Crippen molar-refractivity contribution in [2.24, 2.45) is 0 Å². The quantitative estimate of drug-likeness (QED) is 0.524. The van der Waals surface area contributed by atoms with Gasteiger partial charge >= 0.3 is 0 Å². The maximum atomic E-state index is 5.78. The average Bonchev–Trinajstić information content (AvgIpc) is 2.42. The fourth-order valence-corrected chi connectivity index (χ4v) is 1.74. The summed E-state index contributed by atoms with van der Waals surface area (Å²) in [4.78, 5) is 7.03. The summed E-state index contributed by atoms with van der Waals surface area (Å²) in [5.41, 5.74) is 14.8. The van der Waals surface area contributed by atoms with Crippen LogP contribution in [0.2, 0.25) is 0 Å². The van der Waals surface area contributed by atoms with E-state index in [2.05, 4.69) is 25.9 Å². The van der Waals surface area contributed by atoms with Crippen LogP contribution in [0.4, 0.5) is 11.6 Å². The van der Waals surface area contributed by atoms with Gasteiger partial charge in [0.2, 0.25) is 0 Å². The fraction of sp³-hybridized carbons (Fsp3) is 0.125. The first kappa shape index (κ1) is 8.37. The van der Waals surface area contributed by atoms with Crippen molar-refractivity contribution in [3.63, 3.8) is 0 Å². The second-order valence-electron chi connectivity index (χ2n) is 2.82. The molecule has 1 aromatic heterocycles. The van der Waals surface area contributed by atoms with Crippen molar-refractivity contribution < 1.29 is 0 Å². The van der Waals surface area contributed by atoms with Gasteiger partial charge in [0.25, 0.3) is 0 Å². The van der Waals surface area contributed by atoms with Crippen LogP contribution in [0.5, 0.6) is 0 Å². The Morgan fingerprint density at radius 2 is 2.15 bits per heavy atom. The van der Waals surface area contributed by atoms with Crippen LogP contribution < -0.4 is 11.5 Å². The number of imidazole rings is 1. The molecule has 0 amide bonds. The molecule has 0 unspecified atom stereocenters. The number of hydrogen-bond donors (Lipinski definition) is 3. The number of fused-ring (bicyclic) bond motifs is 1. The standard InChI is InChI=1S/C8H9BrN4/c9-3-4-1-6-7(2-5(4)10)13-8(11)12-6/h1-2H,3,10H2,(H3,11,12,13). The minimum atomic E-state index is 0.418. The predicted octanol–water partition coefficient (Wildman–Crippen LogP) is 1.62. The lowest BCUT2D eigenvalue weighted by molar-refractivity contribution is 1.35. The number of alkyl halides is 1. The van der Waals surface area contributed by atoms with Crippen molar-refractivity contribution in [1.82, 2.24) is 9.97 Å². The van der Waals surface area contributed by atoms with Crippen molar-refractivity contribution in [2.45, 2.75) is 5.33 Å². The Morgan fingerprint density at radius 1 is 1.38 bits per heavy atom. The topological polar surface area (TPSA) is 80.7 Å². The lowest BCUT2D eigenvalue weighted by atomic mass is 10.2. The average molecular weight is 241 g/mol. The summed E-state index contributed by atoms with van der Waals surface area (Å²) in [6.07, 6.45) is 0. The van der Waals surface area contributed by atoms with Gasteiger partial charge in [-0.05, 0) is 17.7 Å². The number of aromatic nitrogens is 2. The first-order valence-electron chi connectivity index (χ1n) is 3.80. The van der Waals surface area contributed by atoms with E-state index in [1.54, 1.807) is 0 Å². The SMILES string of the molecule is Nc1nc2cc(N)c(CBr)cc2[nH]1. The summed E-state index contributed by atoms with van der Waals surface area (Å²) in [6, 6.07) is 3.77. The molecule has 13 heavy (non-hydrogen) atoms. The van der Waals surface area contributed by atoms with Crippen LogP contribution in [0.15, 0.2) is 12.1 Å². The highest BCUT2D eigenvalue weighted by molar-refractivity contribution is 9.08. The van der Waals surface area contributed by atoms with Gasteiger partial charge < -0.3 is 16.5 Å². The van der Waals surface area contributed by atoms with Gasteiger partial charge in [-0.2, -0.15) is 0 Å². The second-order valence-corrected chi connectivity index (χ2v) is 3.38. The molecular formula is C8H9BrN4. The number of halogens is 1. The van der Waals surface area contributed by atoms with E-state index in [1.807, 2.05) is 12.1 Å². The number of hydrogen-bond acceptors (Lipinski definition) is 3. The zero-order chi connectivity index (χ0) is 9.42. The summed E-state index contributed by atoms with van der Waals surface area (Å²) in [6.45, 7) is 0. The number of nitrogen functional groups attached to an aromatic ring is 2. The molecule has 0 bridgehead atoms. The zero-order valence-electron chi connectivity index (χ0n) is 6.84. The van der Waals surface area contributed by atoms with E-state index >= 15 is 0 Å². The Hall–Kier alpha value is -1.23. The molecule has 4 nitrogen and oxygen atoms in total. The lowest BCUT2D eigenvalue weighted by Gasteiger charge is -2.00. The molecule has 0 atom stereocenters. The third-order valence-corrected chi connectivity index (χ3v) is 2.51. The van der Waals surface area contributed by atoms with Crippen LogP contribution >= 0.6 is 15.9 Å². The van der Waals surface area contributed by atoms with E-state index in [0.29, 0.717) is 5.95 Å². The molecule has 0 spiro atoms. The van der Waals surface area contributed by atoms with Crippen LogP contribution in [0, 0.1) is 0 Å². The van der Waals surface area contributed by atoms with Gasteiger partial charge in [0, 0.05) is 11.0 Å². The van der Waals surface area contributed by atoms with E-state index in [4.69, 9.17) is 11.5 Å². The van der Waals surface area contributed by atoms with E-state index in [9.17, 15) is 0 Å². The number of nitrogens with one attached hydrogen (secondary N) is 1. The van der Waals surface area contributed by atoms with Crippen LogP contribution in [-0.2, 0) is 5.33 Å². The van der Waals surface area contributed by atoms with E-state index in [1.165, 1.54) is 0 Å². The largest absolute Gasteiger partial charge is 0.398 e. The summed E-state index contributed by atoms with van der Waals surface area (Å²) >= 11 is 3.36. The Kier molecular flexibility index (Phi) is 1.88. The number of H-pyrrole nitrogens is 1. The summed E-state index contributed by atoms with van der Waals surface area (Å²) in [5.74, 6) is 0.418. The molecule has 0 radical (unpaired) electrons. The third-order valence-electron chi connectivity index (χ3n) is 1.91. The van der Waals surface area contributed by atoms with Crippen LogP contribution in [0.1, 0.15) is 5.56 Å².